The zero-order valence-corrected chi connectivity index (χ0v) is 21.2. The van der Waals surface area contributed by atoms with E-state index in [2.05, 4.69) is 15.2 Å². The first kappa shape index (κ1) is 26.6. The molecule has 35 heavy (non-hydrogen) atoms. The molecule has 1 aromatic carbocycles. The normalized spacial score (nSPS) is 15.0. The SMILES string of the molecule is COC(CCc1ccc2c(N)ncnn12)CO[P@@](=O)(N[C@@H](C)C(=O)OC(C)C)Oc1ccccc1. The lowest BCUT2D eigenvalue weighted by molar-refractivity contribution is -0.149. The van der Waals surface area contributed by atoms with Gasteiger partial charge in [0.25, 0.3) is 0 Å². The summed E-state index contributed by atoms with van der Waals surface area (Å²) in [6.45, 7) is 4.96. The molecule has 0 spiro atoms. The third-order valence-electron chi connectivity index (χ3n) is 5.07. The minimum absolute atomic E-state index is 0.0417. The van der Waals surface area contributed by atoms with Crippen molar-refractivity contribution in [1.29, 1.82) is 0 Å². The number of anilines is 1. The molecule has 3 aromatic rings. The molecule has 1 unspecified atom stereocenters. The van der Waals surface area contributed by atoms with Crippen LogP contribution in [0.2, 0.25) is 0 Å². The van der Waals surface area contributed by atoms with Crippen molar-refractivity contribution < 1.29 is 27.9 Å². The van der Waals surface area contributed by atoms with Gasteiger partial charge in [-0.25, -0.2) is 14.1 Å². The number of fused-ring (bicyclic) bond motifs is 1. The maximum Gasteiger partial charge on any atom is 0.459 e. The number of nitrogen functional groups attached to an aromatic ring is 1. The number of rotatable bonds is 13. The summed E-state index contributed by atoms with van der Waals surface area (Å²) < 4.78 is 37.5. The van der Waals surface area contributed by atoms with Gasteiger partial charge in [0, 0.05) is 12.8 Å². The Morgan fingerprint density at radius 1 is 1.17 bits per heavy atom. The van der Waals surface area contributed by atoms with Crippen LogP contribution in [-0.2, 0) is 29.8 Å². The number of nitrogens with zero attached hydrogens (tertiary/aromatic N) is 3. The molecule has 0 saturated heterocycles. The van der Waals surface area contributed by atoms with Gasteiger partial charge in [-0.2, -0.15) is 10.2 Å². The summed E-state index contributed by atoms with van der Waals surface area (Å²) >= 11 is 0. The highest BCUT2D eigenvalue weighted by molar-refractivity contribution is 7.52. The number of ether oxygens (including phenoxy) is 2. The maximum absolute atomic E-state index is 13.6. The minimum atomic E-state index is -3.96. The standard InChI is InChI=1S/C23H32N5O6P/c1-16(2)33-23(29)17(3)27-35(30,34-19-8-6-5-7-9-19)32-14-20(31-4)12-10-18-11-13-21-22(24)25-15-26-28(18)21/h5-9,11,13,15-17,20H,10,12,14H2,1-4H3,(H,27,30)(H2,24,25,26)/t17-,20?,35-/m0/s1. The number of benzene rings is 1. The van der Waals surface area contributed by atoms with Crippen molar-refractivity contribution in [2.75, 3.05) is 19.5 Å². The topological polar surface area (TPSA) is 139 Å². The molecule has 0 radical (unpaired) electrons. The average molecular weight is 506 g/mol. The van der Waals surface area contributed by atoms with Crippen LogP contribution in [-0.4, -0.2) is 52.5 Å². The van der Waals surface area contributed by atoms with Crippen molar-refractivity contribution in [3.63, 3.8) is 0 Å². The van der Waals surface area contributed by atoms with Crippen molar-refractivity contribution >= 4 is 25.1 Å². The second-order valence-electron chi connectivity index (χ2n) is 8.20. The fraction of sp³-hybridized carbons (Fsp3) is 0.435. The van der Waals surface area contributed by atoms with Gasteiger partial charge in [-0.05, 0) is 57.9 Å². The second kappa shape index (κ2) is 12.1. The minimum Gasteiger partial charge on any atom is -0.462 e. The van der Waals surface area contributed by atoms with Gasteiger partial charge in [0.2, 0.25) is 0 Å². The van der Waals surface area contributed by atoms with E-state index in [9.17, 15) is 9.36 Å². The van der Waals surface area contributed by atoms with Gasteiger partial charge in [0.1, 0.15) is 23.6 Å². The largest absolute Gasteiger partial charge is 0.462 e. The van der Waals surface area contributed by atoms with E-state index in [0.29, 0.717) is 24.4 Å². The van der Waals surface area contributed by atoms with Gasteiger partial charge < -0.3 is 19.7 Å². The third kappa shape index (κ3) is 7.50. The number of esters is 1. The molecule has 0 bridgehead atoms. The summed E-state index contributed by atoms with van der Waals surface area (Å²) in [7, 11) is -2.42. The lowest BCUT2D eigenvalue weighted by atomic mass is 10.1. The number of aromatic nitrogens is 3. The number of hydrogen-bond acceptors (Lipinski definition) is 9. The fourth-order valence-corrected chi connectivity index (χ4v) is 4.81. The molecule has 0 aliphatic carbocycles. The first-order chi connectivity index (χ1) is 16.7. The predicted molar refractivity (Wildman–Crippen MR) is 131 cm³/mol. The van der Waals surface area contributed by atoms with E-state index in [1.54, 1.807) is 55.8 Å². The monoisotopic (exact) mass is 505 g/mol. The maximum atomic E-state index is 13.6. The van der Waals surface area contributed by atoms with Gasteiger partial charge >= 0.3 is 13.7 Å². The average Bonchev–Trinajstić information content (AvgIpc) is 3.24. The molecule has 0 fully saturated rings. The summed E-state index contributed by atoms with van der Waals surface area (Å²) in [4.78, 5) is 16.3. The van der Waals surface area contributed by atoms with Gasteiger partial charge in [0.05, 0.1) is 18.8 Å². The van der Waals surface area contributed by atoms with Crippen LogP contribution < -0.4 is 15.3 Å². The molecule has 0 saturated carbocycles. The Balaban J connectivity index is 1.67. The van der Waals surface area contributed by atoms with Gasteiger partial charge in [-0.15, -0.1) is 0 Å². The van der Waals surface area contributed by atoms with E-state index in [4.69, 9.17) is 24.3 Å². The third-order valence-corrected chi connectivity index (χ3v) is 6.72. The van der Waals surface area contributed by atoms with E-state index >= 15 is 0 Å². The van der Waals surface area contributed by atoms with Crippen LogP contribution in [0.4, 0.5) is 5.82 Å². The lowest BCUT2D eigenvalue weighted by Gasteiger charge is -2.25. The number of carbonyl (C=O) groups excluding carboxylic acids is 1. The van der Waals surface area contributed by atoms with E-state index in [1.165, 1.54) is 13.3 Å². The molecule has 0 aliphatic heterocycles. The van der Waals surface area contributed by atoms with Crippen molar-refractivity contribution in [1.82, 2.24) is 19.7 Å². The summed E-state index contributed by atoms with van der Waals surface area (Å²) in [5, 5.41) is 6.92. The van der Waals surface area contributed by atoms with E-state index in [0.717, 1.165) is 11.2 Å². The molecule has 2 aromatic heterocycles. The highest BCUT2D eigenvalue weighted by Gasteiger charge is 2.33. The molecule has 2 heterocycles. The molecule has 0 amide bonds. The molecule has 3 atom stereocenters. The van der Waals surface area contributed by atoms with Gasteiger partial charge in [-0.3, -0.25) is 9.32 Å². The Kier molecular flexibility index (Phi) is 9.22. The number of hydrogen-bond donors (Lipinski definition) is 2. The van der Waals surface area contributed by atoms with Crippen molar-refractivity contribution in [2.24, 2.45) is 0 Å². The molecule has 3 N–H and O–H groups in total. The van der Waals surface area contributed by atoms with Crippen LogP contribution in [0.5, 0.6) is 5.75 Å². The van der Waals surface area contributed by atoms with Gasteiger partial charge in [-0.1, -0.05) is 18.2 Å². The van der Waals surface area contributed by atoms with Crippen LogP contribution >= 0.6 is 7.75 Å². The summed E-state index contributed by atoms with van der Waals surface area (Å²) in [6, 6.07) is 11.4. The molecule has 12 heteroatoms. The Morgan fingerprint density at radius 3 is 2.60 bits per heavy atom. The number of methoxy groups -OCH3 is 1. The Labute approximate surface area is 204 Å². The van der Waals surface area contributed by atoms with Crippen LogP contribution in [0.25, 0.3) is 5.52 Å². The van der Waals surface area contributed by atoms with E-state index in [1.807, 2.05) is 12.1 Å². The molecule has 3 rings (SSSR count). The first-order valence-electron chi connectivity index (χ1n) is 11.3. The highest BCUT2D eigenvalue weighted by atomic mass is 31.2. The van der Waals surface area contributed by atoms with Crippen LogP contribution in [0.1, 0.15) is 32.9 Å². The Hall–Kier alpha value is -2.98. The van der Waals surface area contributed by atoms with Crippen molar-refractivity contribution in [3.05, 3.63) is 54.5 Å². The smallest absolute Gasteiger partial charge is 0.459 e. The number of nitrogens with one attached hydrogen (secondary N) is 1. The number of nitrogens with two attached hydrogens (primary N) is 1. The number of carbonyl (C=O) groups is 1. The Morgan fingerprint density at radius 2 is 1.91 bits per heavy atom. The summed E-state index contributed by atoms with van der Waals surface area (Å²) in [5.74, 6) is 0.164. The molecular weight excluding hydrogens is 473 g/mol. The Bertz CT molecular complexity index is 1160. The highest BCUT2D eigenvalue weighted by Crippen LogP contribution is 2.45. The van der Waals surface area contributed by atoms with Crippen molar-refractivity contribution in [2.45, 2.75) is 51.9 Å². The molecular formula is C23H32N5O6P. The zero-order valence-electron chi connectivity index (χ0n) is 20.3. The first-order valence-corrected chi connectivity index (χ1v) is 12.8. The zero-order chi connectivity index (χ0) is 25.4. The van der Waals surface area contributed by atoms with E-state index in [-0.39, 0.29) is 12.7 Å². The quantitative estimate of drug-likeness (QED) is 0.262. The second-order valence-corrected chi connectivity index (χ2v) is 9.89. The molecule has 190 valence electrons. The fourth-order valence-electron chi connectivity index (χ4n) is 3.29. The van der Waals surface area contributed by atoms with Gasteiger partial charge in [0.15, 0.2) is 5.82 Å². The molecule has 0 aliphatic rings. The molecule has 11 nitrogen and oxygen atoms in total. The van der Waals surface area contributed by atoms with Crippen molar-refractivity contribution in [3.8, 4) is 5.75 Å². The summed E-state index contributed by atoms with van der Waals surface area (Å²) in [5.41, 5.74) is 7.54. The summed E-state index contributed by atoms with van der Waals surface area (Å²) in [6.07, 6.45) is 1.82. The predicted octanol–water partition coefficient (Wildman–Crippen LogP) is 3.39. The number of aryl methyl sites for hydroxylation is 1. The van der Waals surface area contributed by atoms with Crippen LogP contribution in [0, 0.1) is 0 Å². The number of para-hydroxylation sites is 1. The van der Waals surface area contributed by atoms with E-state index < -0.39 is 25.9 Å². The lowest BCUT2D eigenvalue weighted by Crippen LogP contribution is -2.36. The van der Waals surface area contributed by atoms with Crippen LogP contribution in [0.3, 0.4) is 0 Å². The van der Waals surface area contributed by atoms with Crippen LogP contribution in [0.15, 0.2) is 48.8 Å².